The molecular formula is C14H18N2O3. The molecule has 19 heavy (non-hydrogen) atoms. The van der Waals surface area contributed by atoms with Gasteiger partial charge in [0.05, 0.1) is 5.92 Å². The highest BCUT2D eigenvalue weighted by Crippen LogP contribution is 2.14. The van der Waals surface area contributed by atoms with Crippen LogP contribution >= 0.6 is 0 Å². The van der Waals surface area contributed by atoms with Crippen molar-refractivity contribution in [3.8, 4) is 0 Å². The third-order valence-electron chi connectivity index (χ3n) is 3.39. The van der Waals surface area contributed by atoms with E-state index in [1.165, 1.54) is 4.90 Å². The van der Waals surface area contributed by atoms with Crippen molar-refractivity contribution < 1.29 is 14.7 Å². The maximum atomic E-state index is 12.0. The second-order valence-electron chi connectivity index (χ2n) is 4.88. The average molecular weight is 262 g/mol. The van der Waals surface area contributed by atoms with Gasteiger partial charge in [-0.05, 0) is 12.0 Å². The lowest BCUT2D eigenvalue weighted by Gasteiger charge is -2.36. The van der Waals surface area contributed by atoms with E-state index in [2.05, 4.69) is 0 Å². The first-order chi connectivity index (χ1) is 9.08. The average Bonchev–Trinajstić information content (AvgIpc) is 2.41. The first-order valence-corrected chi connectivity index (χ1v) is 6.34. The molecule has 0 bridgehead atoms. The fourth-order valence-electron chi connectivity index (χ4n) is 2.30. The van der Waals surface area contributed by atoms with Gasteiger partial charge >= 0.3 is 12.0 Å². The van der Waals surface area contributed by atoms with Crippen LogP contribution in [0.4, 0.5) is 4.79 Å². The number of rotatable bonds is 4. The third-order valence-corrected chi connectivity index (χ3v) is 3.39. The Balaban J connectivity index is 1.97. The summed E-state index contributed by atoms with van der Waals surface area (Å²) in [4.78, 5) is 26.1. The summed E-state index contributed by atoms with van der Waals surface area (Å²) in [5.41, 5.74) is 1.15. The smallest absolute Gasteiger partial charge is 0.319 e. The van der Waals surface area contributed by atoms with E-state index in [4.69, 9.17) is 5.11 Å². The van der Waals surface area contributed by atoms with E-state index < -0.39 is 11.9 Å². The fourth-order valence-corrected chi connectivity index (χ4v) is 2.30. The Morgan fingerprint density at radius 3 is 2.63 bits per heavy atom. The highest BCUT2D eigenvalue weighted by molar-refractivity contribution is 5.79. The van der Waals surface area contributed by atoms with Gasteiger partial charge in [-0.1, -0.05) is 30.3 Å². The molecule has 0 spiro atoms. The minimum Gasteiger partial charge on any atom is -0.481 e. The van der Waals surface area contributed by atoms with Gasteiger partial charge < -0.3 is 14.9 Å². The minimum atomic E-state index is -0.843. The third kappa shape index (κ3) is 3.24. The van der Waals surface area contributed by atoms with E-state index in [-0.39, 0.29) is 12.6 Å². The zero-order valence-corrected chi connectivity index (χ0v) is 11.0. The second-order valence-corrected chi connectivity index (χ2v) is 4.88. The number of nitrogens with zero attached hydrogens (tertiary/aromatic N) is 2. The maximum absolute atomic E-state index is 12.0. The Bertz CT molecular complexity index is 461. The molecule has 1 fully saturated rings. The number of carbonyl (C=O) groups is 2. The summed E-state index contributed by atoms with van der Waals surface area (Å²) < 4.78 is 0. The second kappa shape index (κ2) is 5.73. The standard InChI is InChI=1S/C14H18N2O3/c1-15-9-12(13(17)18)10-16(14(15)19)8-7-11-5-3-2-4-6-11/h2-6,12H,7-10H2,1H3,(H,17,18). The minimum absolute atomic E-state index is 0.0894. The first kappa shape index (κ1) is 13.4. The molecule has 1 heterocycles. The van der Waals surface area contributed by atoms with Crippen LogP contribution in [0.1, 0.15) is 5.56 Å². The number of carboxylic acids is 1. The number of hydrogen-bond donors (Lipinski definition) is 1. The fraction of sp³-hybridized carbons (Fsp3) is 0.429. The first-order valence-electron chi connectivity index (χ1n) is 6.34. The molecule has 1 aromatic rings. The molecule has 1 aromatic carbocycles. The van der Waals surface area contributed by atoms with Gasteiger partial charge in [0.25, 0.3) is 0 Å². The zero-order valence-electron chi connectivity index (χ0n) is 11.0. The molecule has 1 unspecified atom stereocenters. The van der Waals surface area contributed by atoms with Crippen molar-refractivity contribution in [3.63, 3.8) is 0 Å². The highest BCUT2D eigenvalue weighted by atomic mass is 16.4. The van der Waals surface area contributed by atoms with E-state index in [1.807, 2.05) is 30.3 Å². The van der Waals surface area contributed by atoms with Crippen LogP contribution in [0.25, 0.3) is 0 Å². The summed E-state index contributed by atoms with van der Waals surface area (Å²) in [7, 11) is 1.65. The van der Waals surface area contributed by atoms with Crippen LogP contribution in [-0.2, 0) is 11.2 Å². The van der Waals surface area contributed by atoms with Crippen LogP contribution in [0.3, 0.4) is 0 Å². The Kier molecular flexibility index (Phi) is 4.04. The SMILES string of the molecule is CN1CC(C(=O)O)CN(CCc2ccccc2)C1=O. The number of amides is 2. The van der Waals surface area contributed by atoms with Crippen LogP contribution in [0.2, 0.25) is 0 Å². The predicted molar refractivity (Wildman–Crippen MR) is 70.9 cm³/mol. The molecule has 0 aliphatic carbocycles. The molecular weight excluding hydrogens is 244 g/mol. The van der Waals surface area contributed by atoms with Crippen molar-refractivity contribution in [3.05, 3.63) is 35.9 Å². The highest BCUT2D eigenvalue weighted by Gasteiger charge is 2.33. The van der Waals surface area contributed by atoms with Crippen molar-refractivity contribution in [1.82, 2.24) is 9.80 Å². The number of carboxylic acid groups (broad SMARTS) is 1. The van der Waals surface area contributed by atoms with Crippen molar-refractivity contribution >= 4 is 12.0 Å². The van der Waals surface area contributed by atoms with Gasteiger partial charge in [-0.15, -0.1) is 0 Å². The Labute approximate surface area is 112 Å². The molecule has 0 saturated carbocycles. The summed E-state index contributed by atoms with van der Waals surface area (Å²) >= 11 is 0. The Morgan fingerprint density at radius 1 is 1.32 bits per heavy atom. The van der Waals surface area contributed by atoms with Gasteiger partial charge in [-0.2, -0.15) is 0 Å². The normalized spacial score (nSPS) is 19.6. The van der Waals surface area contributed by atoms with E-state index in [9.17, 15) is 9.59 Å². The Morgan fingerprint density at radius 2 is 2.00 bits per heavy atom. The maximum Gasteiger partial charge on any atom is 0.319 e. The van der Waals surface area contributed by atoms with Crippen LogP contribution in [-0.4, -0.2) is 53.6 Å². The molecule has 1 N–H and O–H groups in total. The quantitative estimate of drug-likeness (QED) is 0.889. The summed E-state index contributed by atoms with van der Waals surface area (Å²) in [6, 6.07) is 9.79. The van der Waals surface area contributed by atoms with Crippen molar-refractivity contribution in [2.24, 2.45) is 5.92 Å². The number of hydrogen-bond acceptors (Lipinski definition) is 2. The predicted octanol–water partition coefficient (Wildman–Crippen LogP) is 1.30. The number of aliphatic carboxylic acids is 1. The largest absolute Gasteiger partial charge is 0.481 e. The van der Waals surface area contributed by atoms with Crippen LogP contribution in [0, 0.1) is 5.92 Å². The molecule has 1 aliphatic heterocycles. The van der Waals surface area contributed by atoms with Crippen molar-refractivity contribution in [2.45, 2.75) is 6.42 Å². The van der Waals surface area contributed by atoms with E-state index in [1.54, 1.807) is 11.9 Å². The summed E-state index contributed by atoms with van der Waals surface area (Å²) in [5, 5.41) is 9.08. The molecule has 2 rings (SSSR count). The zero-order chi connectivity index (χ0) is 13.8. The van der Waals surface area contributed by atoms with Crippen LogP contribution < -0.4 is 0 Å². The molecule has 102 valence electrons. The molecule has 1 saturated heterocycles. The topological polar surface area (TPSA) is 60.9 Å². The Hall–Kier alpha value is -2.04. The lowest BCUT2D eigenvalue weighted by Crippen LogP contribution is -2.54. The van der Waals surface area contributed by atoms with Crippen LogP contribution in [0.15, 0.2) is 30.3 Å². The van der Waals surface area contributed by atoms with Gasteiger partial charge in [-0.25, -0.2) is 4.79 Å². The van der Waals surface area contributed by atoms with Gasteiger partial charge in [0.15, 0.2) is 0 Å². The molecule has 1 atom stereocenters. The molecule has 1 aliphatic rings. The molecule has 2 amide bonds. The van der Waals surface area contributed by atoms with Gasteiger partial charge in [-0.3, -0.25) is 4.79 Å². The van der Waals surface area contributed by atoms with Gasteiger partial charge in [0.1, 0.15) is 0 Å². The molecule has 0 radical (unpaired) electrons. The summed E-state index contributed by atoms with van der Waals surface area (Å²) in [6.45, 7) is 1.14. The summed E-state index contributed by atoms with van der Waals surface area (Å²) in [5.74, 6) is -1.34. The lowest BCUT2D eigenvalue weighted by molar-refractivity contribution is -0.143. The number of benzene rings is 1. The molecule has 5 nitrogen and oxygen atoms in total. The number of urea groups is 1. The van der Waals surface area contributed by atoms with Crippen LogP contribution in [0.5, 0.6) is 0 Å². The monoisotopic (exact) mass is 262 g/mol. The van der Waals surface area contributed by atoms with Gasteiger partial charge in [0, 0.05) is 26.7 Å². The molecule has 5 heteroatoms. The number of carbonyl (C=O) groups excluding carboxylic acids is 1. The van der Waals surface area contributed by atoms with E-state index in [0.29, 0.717) is 13.1 Å². The van der Waals surface area contributed by atoms with E-state index >= 15 is 0 Å². The van der Waals surface area contributed by atoms with Crippen molar-refractivity contribution in [1.29, 1.82) is 0 Å². The van der Waals surface area contributed by atoms with Crippen molar-refractivity contribution in [2.75, 3.05) is 26.7 Å². The summed E-state index contributed by atoms with van der Waals surface area (Å²) in [6.07, 6.45) is 0.743. The lowest BCUT2D eigenvalue weighted by atomic mass is 10.1. The van der Waals surface area contributed by atoms with Gasteiger partial charge in [0.2, 0.25) is 0 Å². The van der Waals surface area contributed by atoms with E-state index in [0.717, 1.165) is 12.0 Å². The molecule has 0 aromatic heterocycles.